The lowest BCUT2D eigenvalue weighted by molar-refractivity contribution is -0.384. The van der Waals surface area contributed by atoms with Crippen molar-refractivity contribution in [1.29, 1.82) is 0 Å². The maximum Gasteiger partial charge on any atom is 0.363 e. The van der Waals surface area contributed by atoms with E-state index in [1.165, 1.54) is 44.2 Å². The Morgan fingerprint density at radius 1 is 1.09 bits per heavy atom. The molecule has 0 aliphatic carbocycles. The Morgan fingerprint density at radius 3 is 2.41 bits per heavy atom. The van der Waals surface area contributed by atoms with Crippen LogP contribution in [0.25, 0.3) is 5.69 Å². The first-order chi connectivity index (χ1) is 15.3. The predicted molar refractivity (Wildman–Crippen MR) is 113 cm³/mol. The van der Waals surface area contributed by atoms with Crippen molar-refractivity contribution in [2.75, 3.05) is 19.5 Å². The van der Waals surface area contributed by atoms with Crippen molar-refractivity contribution < 1.29 is 28.7 Å². The van der Waals surface area contributed by atoms with E-state index in [0.29, 0.717) is 5.69 Å². The summed E-state index contributed by atoms with van der Waals surface area (Å²) in [4.78, 5) is 35.6. The number of aromatic nitrogens is 2. The van der Waals surface area contributed by atoms with Gasteiger partial charge in [-0.15, -0.1) is 0 Å². The third-order valence-electron chi connectivity index (χ3n) is 4.42. The molecule has 1 heterocycles. The minimum Gasteiger partial charge on any atom is -0.495 e. The number of nitro groups is 1. The SMILES string of the molecule is COc1ccc([N+](=O)[O-])cc1NC(=O)C(C)OC(=O)c1nn(-c2ccccc2)cc1OC. The highest BCUT2D eigenvalue weighted by Gasteiger charge is 2.26. The Labute approximate surface area is 182 Å². The molecule has 1 N–H and O–H groups in total. The lowest BCUT2D eigenvalue weighted by Crippen LogP contribution is -2.30. The van der Waals surface area contributed by atoms with E-state index in [0.717, 1.165) is 6.07 Å². The first-order valence-electron chi connectivity index (χ1n) is 9.37. The molecule has 1 atom stereocenters. The van der Waals surface area contributed by atoms with Crippen LogP contribution in [0.15, 0.2) is 54.7 Å². The Kier molecular flexibility index (Phi) is 6.68. The standard InChI is InChI=1S/C21H20N4O7/c1-13(20(26)22-16-11-15(25(28)29)9-10-17(16)30-2)32-21(27)19-18(31-3)12-24(23-19)14-7-5-4-6-8-14/h4-13H,1-3H3,(H,22,26). The first kappa shape index (κ1) is 22.3. The summed E-state index contributed by atoms with van der Waals surface area (Å²) in [7, 11) is 2.74. The Bertz CT molecular complexity index is 1140. The molecule has 0 spiro atoms. The molecule has 2 aromatic carbocycles. The van der Waals surface area contributed by atoms with Crippen molar-refractivity contribution in [3.05, 3.63) is 70.5 Å². The van der Waals surface area contributed by atoms with Crippen LogP contribution >= 0.6 is 0 Å². The molecular formula is C21H20N4O7. The van der Waals surface area contributed by atoms with E-state index in [1.54, 1.807) is 12.1 Å². The Morgan fingerprint density at radius 2 is 1.78 bits per heavy atom. The number of nitrogens with one attached hydrogen (secondary N) is 1. The molecule has 0 saturated heterocycles. The van der Waals surface area contributed by atoms with Crippen LogP contribution in [0.3, 0.4) is 0 Å². The van der Waals surface area contributed by atoms with Gasteiger partial charge in [-0.05, 0) is 25.1 Å². The average molecular weight is 440 g/mol. The average Bonchev–Trinajstić information content (AvgIpc) is 3.24. The summed E-state index contributed by atoms with van der Waals surface area (Å²) in [6.07, 6.45) is 0.281. The van der Waals surface area contributed by atoms with Crippen LogP contribution in [-0.2, 0) is 9.53 Å². The van der Waals surface area contributed by atoms with Gasteiger partial charge in [0, 0.05) is 12.1 Å². The number of ether oxygens (including phenoxy) is 3. The van der Waals surface area contributed by atoms with Gasteiger partial charge in [-0.2, -0.15) is 5.10 Å². The zero-order chi connectivity index (χ0) is 23.3. The minimum absolute atomic E-state index is 0.0699. The number of nitro benzene ring substituents is 1. The fourth-order valence-electron chi connectivity index (χ4n) is 2.77. The molecule has 1 amide bonds. The number of hydrogen-bond acceptors (Lipinski definition) is 8. The van der Waals surface area contributed by atoms with Gasteiger partial charge < -0.3 is 19.5 Å². The van der Waals surface area contributed by atoms with Crippen LogP contribution in [0.2, 0.25) is 0 Å². The number of carbonyl (C=O) groups is 2. The number of methoxy groups -OCH3 is 2. The molecule has 0 radical (unpaired) electrons. The van der Waals surface area contributed by atoms with E-state index in [4.69, 9.17) is 14.2 Å². The second-order valence-corrected chi connectivity index (χ2v) is 6.50. The van der Waals surface area contributed by atoms with Crippen LogP contribution in [0.5, 0.6) is 11.5 Å². The van der Waals surface area contributed by atoms with Crippen molar-refractivity contribution in [2.24, 2.45) is 0 Å². The molecule has 0 bridgehead atoms. The van der Waals surface area contributed by atoms with E-state index < -0.39 is 22.9 Å². The second kappa shape index (κ2) is 9.60. The number of nitrogens with zero attached hydrogens (tertiary/aromatic N) is 3. The number of benzene rings is 2. The van der Waals surface area contributed by atoms with E-state index in [1.807, 2.05) is 18.2 Å². The quantitative estimate of drug-likeness (QED) is 0.321. The maximum atomic E-state index is 12.6. The number of para-hydroxylation sites is 1. The number of hydrogen-bond donors (Lipinski definition) is 1. The summed E-state index contributed by atoms with van der Waals surface area (Å²) in [5, 5.41) is 17.7. The maximum absolute atomic E-state index is 12.6. The molecule has 0 aliphatic rings. The summed E-state index contributed by atoms with van der Waals surface area (Å²) in [6.45, 7) is 1.36. The monoisotopic (exact) mass is 440 g/mol. The molecule has 0 saturated carbocycles. The van der Waals surface area contributed by atoms with Crippen molar-refractivity contribution in [3.63, 3.8) is 0 Å². The predicted octanol–water partition coefficient (Wildman–Crippen LogP) is 2.98. The van der Waals surface area contributed by atoms with Crippen LogP contribution in [-0.4, -0.2) is 46.9 Å². The van der Waals surface area contributed by atoms with Gasteiger partial charge in [0.05, 0.1) is 36.7 Å². The van der Waals surface area contributed by atoms with Crippen LogP contribution in [0.1, 0.15) is 17.4 Å². The van der Waals surface area contributed by atoms with E-state index in [9.17, 15) is 19.7 Å². The fourth-order valence-corrected chi connectivity index (χ4v) is 2.77. The zero-order valence-electron chi connectivity index (χ0n) is 17.5. The van der Waals surface area contributed by atoms with E-state index in [-0.39, 0.29) is 28.6 Å². The molecule has 0 aliphatic heterocycles. The lowest BCUT2D eigenvalue weighted by atomic mass is 10.2. The molecule has 3 rings (SSSR count). The zero-order valence-corrected chi connectivity index (χ0v) is 17.5. The molecule has 3 aromatic rings. The van der Waals surface area contributed by atoms with Crippen molar-refractivity contribution >= 4 is 23.3 Å². The molecule has 0 fully saturated rings. The Hall–Kier alpha value is -4.41. The van der Waals surface area contributed by atoms with Gasteiger partial charge in [0.25, 0.3) is 11.6 Å². The lowest BCUT2D eigenvalue weighted by Gasteiger charge is -2.14. The number of anilines is 1. The number of amides is 1. The molecule has 1 aromatic heterocycles. The van der Waals surface area contributed by atoms with Gasteiger partial charge in [0.2, 0.25) is 5.69 Å². The van der Waals surface area contributed by atoms with Gasteiger partial charge in [-0.1, -0.05) is 18.2 Å². The fraction of sp³-hybridized carbons (Fsp3) is 0.190. The molecular weight excluding hydrogens is 420 g/mol. The minimum atomic E-state index is -1.24. The topological polar surface area (TPSA) is 135 Å². The molecule has 166 valence electrons. The van der Waals surface area contributed by atoms with E-state index in [2.05, 4.69) is 10.4 Å². The normalized spacial score (nSPS) is 11.3. The third-order valence-corrected chi connectivity index (χ3v) is 4.42. The van der Waals surface area contributed by atoms with Crippen LogP contribution in [0.4, 0.5) is 11.4 Å². The van der Waals surface area contributed by atoms with Gasteiger partial charge in [-0.3, -0.25) is 14.9 Å². The molecule has 11 nitrogen and oxygen atoms in total. The second-order valence-electron chi connectivity index (χ2n) is 6.50. The largest absolute Gasteiger partial charge is 0.495 e. The highest BCUT2D eigenvalue weighted by molar-refractivity contribution is 5.98. The number of rotatable bonds is 8. The van der Waals surface area contributed by atoms with Crippen molar-refractivity contribution in [3.8, 4) is 17.2 Å². The smallest absolute Gasteiger partial charge is 0.363 e. The van der Waals surface area contributed by atoms with Gasteiger partial charge in [0.15, 0.2) is 11.9 Å². The number of non-ortho nitro benzene ring substituents is 1. The number of carbonyl (C=O) groups excluding carboxylic acids is 2. The summed E-state index contributed by atoms with van der Waals surface area (Å²) < 4.78 is 17.0. The first-order valence-corrected chi connectivity index (χ1v) is 9.37. The third kappa shape index (κ3) is 4.83. The highest BCUT2D eigenvalue weighted by Crippen LogP contribution is 2.29. The summed E-state index contributed by atoms with van der Waals surface area (Å²) in [5.41, 5.74) is 0.430. The highest BCUT2D eigenvalue weighted by atomic mass is 16.6. The van der Waals surface area contributed by atoms with Crippen LogP contribution < -0.4 is 14.8 Å². The van der Waals surface area contributed by atoms with Crippen LogP contribution in [0, 0.1) is 10.1 Å². The van der Waals surface area contributed by atoms with Gasteiger partial charge in [-0.25, -0.2) is 9.48 Å². The summed E-state index contributed by atoms with van der Waals surface area (Å²) in [5.74, 6) is -1.19. The number of esters is 1. The van der Waals surface area contributed by atoms with E-state index >= 15 is 0 Å². The van der Waals surface area contributed by atoms with Gasteiger partial charge >= 0.3 is 5.97 Å². The molecule has 1 unspecified atom stereocenters. The molecule has 11 heteroatoms. The summed E-state index contributed by atoms with van der Waals surface area (Å²) >= 11 is 0. The summed E-state index contributed by atoms with van der Waals surface area (Å²) in [6, 6.07) is 12.8. The van der Waals surface area contributed by atoms with Crippen molar-refractivity contribution in [2.45, 2.75) is 13.0 Å². The molecule has 32 heavy (non-hydrogen) atoms. The van der Waals surface area contributed by atoms with Gasteiger partial charge in [0.1, 0.15) is 5.75 Å². The Balaban J connectivity index is 1.75. The van der Waals surface area contributed by atoms with Crippen molar-refractivity contribution in [1.82, 2.24) is 9.78 Å².